The maximum atomic E-state index is 14.1. The van der Waals surface area contributed by atoms with Gasteiger partial charge in [0.2, 0.25) is 0 Å². The molecule has 2 rings (SSSR count). The summed E-state index contributed by atoms with van der Waals surface area (Å²) in [4.78, 5) is 11.4. The predicted octanol–water partition coefficient (Wildman–Crippen LogP) is 4.40. The van der Waals surface area contributed by atoms with Crippen LogP contribution in [-0.4, -0.2) is 19.0 Å². The van der Waals surface area contributed by atoms with Gasteiger partial charge in [-0.3, -0.25) is 0 Å². The monoisotopic (exact) mass is 294 g/mol. The number of hydrogen-bond donors (Lipinski definition) is 0. The largest absolute Gasteiger partial charge is 0.465 e. The van der Waals surface area contributed by atoms with Crippen LogP contribution in [0.15, 0.2) is 36.4 Å². The second-order valence-electron chi connectivity index (χ2n) is 5.45. The van der Waals surface area contributed by atoms with Crippen LogP contribution in [0.4, 0.5) is 8.78 Å². The molecule has 0 saturated heterocycles. The lowest BCUT2D eigenvalue weighted by molar-refractivity contribution is -0.0151. The van der Waals surface area contributed by atoms with Gasteiger partial charge >= 0.3 is 5.97 Å². The molecule has 1 aliphatic rings. The Balaban J connectivity index is 2.10. The molecule has 1 atom stereocenters. The number of ether oxygens (including phenoxy) is 1. The van der Waals surface area contributed by atoms with Gasteiger partial charge in [-0.25, -0.2) is 13.6 Å². The molecule has 1 unspecified atom stereocenters. The van der Waals surface area contributed by atoms with Gasteiger partial charge in [0.05, 0.1) is 12.7 Å². The van der Waals surface area contributed by atoms with Gasteiger partial charge in [0.1, 0.15) is 0 Å². The molecule has 0 amide bonds. The lowest BCUT2D eigenvalue weighted by Crippen LogP contribution is -2.28. The quantitative estimate of drug-likeness (QED) is 0.610. The lowest BCUT2D eigenvalue weighted by Gasteiger charge is -2.26. The van der Waals surface area contributed by atoms with Crippen molar-refractivity contribution in [3.05, 3.63) is 47.5 Å². The van der Waals surface area contributed by atoms with Gasteiger partial charge < -0.3 is 4.74 Å². The first kappa shape index (κ1) is 15.7. The fraction of sp³-hybridized carbons (Fsp3) is 0.471. The van der Waals surface area contributed by atoms with Crippen molar-refractivity contribution in [2.45, 2.75) is 38.0 Å². The zero-order valence-electron chi connectivity index (χ0n) is 12.1. The molecule has 4 heteroatoms. The molecule has 0 saturated carbocycles. The summed E-state index contributed by atoms with van der Waals surface area (Å²) in [5, 5.41) is 0. The predicted molar refractivity (Wildman–Crippen MR) is 77.5 cm³/mol. The van der Waals surface area contributed by atoms with Crippen LogP contribution >= 0.6 is 0 Å². The molecule has 0 N–H and O–H groups in total. The Bertz CT molecular complexity index is 506. The average Bonchev–Trinajstić information content (AvgIpc) is 2.47. The number of rotatable bonds is 3. The number of carbonyl (C=O) groups is 1. The normalized spacial score (nSPS) is 22.9. The molecular weight excluding hydrogens is 274 g/mol. The molecule has 114 valence electrons. The smallest absolute Gasteiger partial charge is 0.337 e. The summed E-state index contributed by atoms with van der Waals surface area (Å²) in [6, 6.07) is 6.70. The summed E-state index contributed by atoms with van der Waals surface area (Å²) >= 11 is 0. The van der Waals surface area contributed by atoms with E-state index in [1.54, 1.807) is 30.3 Å². The molecule has 1 aromatic rings. The molecule has 21 heavy (non-hydrogen) atoms. The molecule has 0 bridgehead atoms. The molecule has 0 spiro atoms. The Labute approximate surface area is 123 Å². The summed E-state index contributed by atoms with van der Waals surface area (Å²) < 4.78 is 32.8. The zero-order chi connectivity index (χ0) is 15.3. The Kier molecular flexibility index (Phi) is 5.10. The van der Waals surface area contributed by atoms with E-state index >= 15 is 0 Å². The van der Waals surface area contributed by atoms with E-state index in [0.29, 0.717) is 18.4 Å². The van der Waals surface area contributed by atoms with Crippen LogP contribution in [0.1, 0.15) is 41.6 Å². The fourth-order valence-electron chi connectivity index (χ4n) is 2.64. The van der Waals surface area contributed by atoms with Gasteiger partial charge in [-0.1, -0.05) is 24.6 Å². The third kappa shape index (κ3) is 4.13. The van der Waals surface area contributed by atoms with E-state index in [1.807, 2.05) is 0 Å². The minimum Gasteiger partial charge on any atom is -0.465 e. The van der Waals surface area contributed by atoms with Gasteiger partial charge in [0.25, 0.3) is 5.92 Å². The van der Waals surface area contributed by atoms with Crippen LogP contribution in [0.2, 0.25) is 0 Å². The minimum absolute atomic E-state index is 0.318. The second-order valence-corrected chi connectivity index (χ2v) is 5.45. The van der Waals surface area contributed by atoms with Crippen molar-refractivity contribution in [1.29, 1.82) is 0 Å². The maximum Gasteiger partial charge on any atom is 0.337 e. The molecular formula is C17H20F2O2. The number of carbonyl (C=O) groups excluding carboxylic acids is 1. The van der Waals surface area contributed by atoms with E-state index in [1.165, 1.54) is 7.11 Å². The first-order chi connectivity index (χ1) is 10.0. The summed E-state index contributed by atoms with van der Waals surface area (Å²) in [6.07, 6.45) is 6.01. The minimum atomic E-state index is -2.76. The van der Waals surface area contributed by atoms with Crippen molar-refractivity contribution in [3.63, 3.8) is 0 Å². The Morgan fingerprint density at radius 1 is 1.29 bits per heavy atom. The third-order valence-electron chi connectivity index (χ3n) is 3.91. The number of alkyl halides is 2. The van der Waals surface area contributed by atoms with Gasteiger partial charge in [-0.05, 0) is 49.5 Å². The van der Waals surface area contributed by atoms with E-state index in [4.69, 9.17) is 0 Å². The molecule has 1 aliphatic carbocycles. The summed E-state index contributed by atoms with van der Waals surface area (Å²) in [5.74, 6) is -3.86. The highest BCUT2D eigenvalue weighted by atomic mass is 19.3. The second kappa shape index (κ2) is 6.83. The molecule has 0 aliphatic heterocycles. The first-order valence-electron chi connectivity index (χ1n) is 7.25. The standard InChI is InChI=1S/C17H20F2O2/c1-21-16(20)14-9-7-13(8-10-14)12-15-6-4-2-3-5-11-17(15,18)19/h5,7-11,15H,2-4,6,12H2,1H3/b11-5-. The molecule has 1 aromatic carbocycles. The van der Waals surface area contributed by atoms with Gasteiger partial charge in [0.15, 0.2) is 0 Å². The number of allylic oxidation sites excluding steroid dienone is 2. The van der Waals surface area contributed by atoms with Gasteiger partial charge in [-0.15, -0.1) is 0 Å². The van der Waals surface area contributed by atoms with E-state index in [9.17, 15) is 13.6 Å². The number of hydrogen-bond acceptors (Lipinski definition) is 2. The Morgan fingerprint density at radius 3 is 2.67 bits per heavy atom. The van der Waals surface area contributed by atoms with E-state index in [-0.39, 0.29) is 0 Å². The highest BCUT2D eigenvalue weighted by Crippen LogP contribution is 2.35. The summed E-state index contributed by atoms with van der Waals surface area (Å²) in [6.45, 7) is 0. The van der Waals surface area contributed by atoms with Gasteiger partial charge in [0, 0.05) is 5.92 Å². The number of benzene rings is 1. The molecule has 0 heterocycles. The van der Waals surface area contributed by atoms with Crippen molar-refractivity contribution in [2.24, 2.45) is 5.92 Å². The van der Waals surface area contributed by atoms with E-state index < -0.39 is 17.8 Å². The summed E-state index contributed by atoms with van der Waals surface area (Å²) in [5.41, 5.74) is 1.26. The number of halogens is 2. The highest BCUT2D eigenvalue weighted by Gasteiger charge is 2.36. The number of esters is 1. The van der Waals surface area contributed by atoms with Crippen LogP contribution in [0.25, 0.3) is 0 Å². The van der Waals surface area contributed by atoms with E-state index in [0.717, 1.165) is 30.9 Å². The first-order valence-corrected chi connectivity index (χ1v) is 7.25. The SMILES string of the molecule is COC(=O)c1ccc(CC2CCCC/C=C\C2(F)F)cc1. The molecule has 0 aromatic heterocycles. The van der Waals surface area contributed by atoms with Gasteiger partial charge in [-0.2, -0.15) is 0 Å². The Morgan fingerprint density at radius 2 is 2.00 bits per heavy atom. The van der Waals surface area contributed by atoms with Crippen LogP contribution < -0.4 is 0 Å². The topological polar surface area (TPSA) is 26.3 Å². The molecule has 2 nitrogen and oxygen atoms in total. The molecule has 0 radical (unpaired) electrons. The van der Waals surface area contributed by atoms with Crippen LogP contribution in [-0.2, 0) is 11.2 Å². The van der Waals surface area contributed by atoms with Crippen molar-refractivity contribution in [1.82, 2.24) is 0 Å². The lowest BCUT2D eigenvalue weighted by atomic mass is 9.86. The highest BCUT2D eigenvalue weighted by molar-refractivity contribution is 5.89. The average molecular weight is 294 g/mol. The third-order valence-corrected chi connectivity index (χ3v) is 3.91. The van der Waals surface area contributed by atoms with Crippen molar-refractivity contribution < 1.29 is 18.3 Å². The van der Waals surface area contributed by atoms with Crippen molar-refractivity contribution in [2.75, 3.05) is 7.11 Å². The maximum absolute atomic E-state index is 14.1. The number of methoxy groups -OCH3 is 1. The fourth-order valence-corrected chi connectivity index (χ4v) is 2.64. The summed E-state index contributed by atoms with van der Waals surface area (Å²) in [7, 11) is 1.32. The zero-order valence-corrected chi connectivity index (χ0v) is 12.1. The van der Waals surface area contributed by atoms with E-state index in [2.05, 4.69) is 4.74 Å². The Hall–Kier alpha value is -1.71. The molecule has 0 fully saturated rings. The van der Waals surface area contributed by atoms with Crippen LogP contribution in [0.5, 0.6) is 0 Å². The van der Waals surface area contributed by atoms with Crippen molar-refractivity contribution in [3.8, 4) is 0 Å². The van der Waals surface area contributed by atoms with Crippen LogP contribution in [0.3, 0.4) is 0 Å². The van der Waals surface area contributed by atoms with Crippen molar-refractivity contribution >= 4 is 5.97 Å². The van der Waals surface area contributed by atoms with Crippen LogP contribution in [0, 0.1) is 5.92 Å².